The van der Waals surface area contributed by atoms with Crippen LogP contribution in [0.1, 0.15) is 27.2 Å². The average Bonchev–Trinajstić information content (AvgIpc) is 2.27. The molecule has 0 saturated carbocycles. The van der Waals surface area contributed by atoms with E-state index in [0.717, 1.165) is 18.8 Å². The van der Waals surface area contributed by atoms with Gasteiger partial charge >= 0.3 is 0 Å². The zero-order valence-corrected chi connectivity index (χ0v) is 11.2. The van der Waals surface area contributed by atoms with E-state index in [1.165, 1.54) is 0 Å². The van der Waals surface area contributed by atoms with Crippen LogP contribution in [0.3, 0.4) is 0 Å². The molecule has 1 aromatic rings. The molecule has 0 amide bonds. The van der Waals surface area contributed by atoms with Gasteiger partial charge in [-0.05, 0) is 24.5 Å². The van der Waals surface area contributed by atoms with Gasteiger partial charge in [-0.3, -0.25) is 0 Å². The SMILES string of the molecule is CCCOc1nc(N(C)CC(C)C)ccc1N. The van der Waals surface area contributed by atoms with Crippen molar-refractivity contribution >= 4 is 11.5 Å². The van der Waals surface area contributed by atoms with E-state index in [1.54, 1.807) is 0 Å². The van der Waals surface area contributed by atoms with E-state index in [9.17, 15) is 0 Å². The largest absolute Gasteiger partial charge is 0.476 e. The van der Waals surface area contributed by atoms with Crippen molar-refractivity contribution in [2.45, 2.75) is 27.2 Å². The van der Waals surface area contributed by atoms with Crippen LogP contribution in [-0.4, -0.2) is 25.2 Å². The van der Waals surface area contributed by atoms with Crippen LogP contribution in [-0.2, 0) is 0 Å². The Kier molecular flexibility index (Phi) is 5.07. The first kappa shape index (κ1) is 13.6. The molecule has 0 saturated heterocycles. The van der Waals surface area contributed by atoms with E-state index < -0.39 is 0 Å². The molecule has 0 aliphatic heterocycles. The molecule has 0 fully saturated rings. The van der Waals surface area contributed by atoms with E-state index >= 15 is 0 Å². The fourth-order valence-electron chi connectivity index (χ4n) is 1.61. The molecule has 17 heavy (non-hydrogen) atoms. The zero-order chi connectivity index (χ0) is 12.8. The predicted molar refractivity (Wildman–Crippen MR) is 72.5 cm³/mol. The fraction of sp³-hybridized carbons (Fsp3) is 0.615. The van der Waals surface area contributed by atoms with Gasteiger partial charge in [-0.25, -0.2) is 0 Å². The Morgan fingerprint density at radius 2 is 2.12 bits per heavy atom. The second-order valence-electron chi connectivity index (χ2n) is 4.69. The number of nitrogens with two attached hydrogens (primary N) is 1. The molecule has 4 nitrogen and oxygen atoms in total. The van der Waals surface area contributed by atoms with E-state index in [4.69, 9.17) is 10.5 Å². The molecule has 0 aliphatic rings. The first-order chi connectivity index (χ1) is 8.04. The van der Waals surface area contributed by atoms with Crippen LogP contribution in [0.15, 0.2) is 12.1 Å². The van der Waals surface area contributed by atoms with Gasteiger partial charge in [0.25, 0.3) is 0 Å². The summed E-state index contributed by atoms with van der Waals surface area (Å²) in [6.07, 6.45) is 0.952. The third-order valence-electron chi connectivity index (χ3n) is 2.35. The first-order valence-corrected chi connectivity index (χ1v) is 6.15. The highest BCUT2D eigenvalue weighted by molar-refractivity contribution is 5.54. The van der Waals surface area contributed by atoms with Crippen LogP contribution in [0.25, 0.3) is 0 Å². The Hall–Kier alpha value is -1.45. The lowest BCUT2D eigenvalue weighted by atomic mass is 10.2. The van der Waals surface area contributed by atoms with Gasteiger partial charge < -0.3 is 15.4 Å². The van der Waals surface area contributed by atoms with Gasteiger partial charge in [0, 0.05) is 13.6 Å². The minimum absolute atomic E-state index is 0.542. The minimum Gasteiger partial charge on any atom is -0.476 e. The van der Waals surface area contributed by atoms with Crippen LogP contribution in [0, 0.1) is 5.92 Å². The molecule has 96 valence electrons. The quantitative estimate of drug-likeness (QED) is 0.826. The van der Waals surface area contributed by atoms with Crippen LogP contribution in [0.2, 0.25) is 0 Å². The van der Waals surface area contributed by atoms with Gasteiger partial charge in [0.2, 0.25) is 5.88 Å². The number of hydrogen-bond acceptors (Lipinski definition) is 4. The maximum Gasteiger partial charge on any atom is 0.239 e. The average molecular weight is 237 g/mol. The number of ether oxygens (including phenoxy) is 1. The molecule has 4 heteroatoms. The molecular formula is C13H23N3O. The third-order valence-corrected chi connectivity index (χ3v) is 2.35. The topological polar surface area (TPSA) is 51.4 Å². The summed E-state index contributed by atoms with van der Waals surface area (Å²) in [4.78, 5) is 6.56. The molecule has 1 aromatic heterocycles. The van der Waals surface area contributed by atoms with Crippen molar-refractivity contribution in [3.05, 3.63) is 12.1 Å². The van der Waals surface area contributed by atoms with Crippen LogP contribution in [0.4, 0.5) is 11.5 Å². The number of hydrogen-bond donors (Lipinski definition) is 1. The highest BCUT2D eigenvalue weighted by Gasteiger charge is 2.08. The molecule has 1 heterocycles. The Labute approximate surface area is 104 Å². The van der Waals surface area contributed by atoms with E-state index in [1.807, 2.05) is 19.2 Å². The summed E-state index contributed by atoms with van der Waals surface area (Å²) in [7, 11) is 2.03. The maximum atomic E-state index is 5.83. The lowest BCUT2D eigenvalue weighted by Crippen LogP contribution is -2.23. The maximum absolute atomic E-state index is 5.83. The summed E-state index contributed by atoms with van der Waals surface area (Å²) >= 11 is 0. The number of rotatable bonds is 6. The summed E-state index contributed by atoms with van der Waals surface area (Å²) in [6.45, 7) is 8.04. The van der Waals surface area contributed by atoms with E-state index in [0.29, 0.717) is 24.1 Å². The monoisotopic (exact) mass is 237 g/mol. The Morgan fingerprint density at radius 3 is 2.71 bits per heavy atom. The number of aromatic nitrogens is 1. The van der Waals surface area contributed by atoms with Crippen LogP contribution in [0.5, 0.6) is 5.88 Å². The fourth-order valence-corrected chi connectivity index (χ4v) is 1.61. The molecule has 0 unspecified atom stereocenters. The smallest absolute Gasteiger partial charge is 0.239 e. The van der Waals surface area contributed by atoms with Crippen molar-refractivity contribution in [2.24, 2.45) is 5.92 Å². The molecule has 0 radical (unpaired) electrons. The van der Waals surface area contributed by atoms with Gasteiger partial charge in [-0.15, -0.1) is 0 Å². The minimum atomic E-state index is 0.542. The summed E-state index contributed by atoms with van der Waals surface area (Å²) in [6, 6.07) is 3.78. The standard InChI is InChI=1S/C13H23N3O/c1-5-8-17-13-11(14)6-7-12(15-13)16(4)9-10(2)3/h6-7,10H,5,8-9,14H2,1-4H3. The number of anilines is 2. The van der Waals surface area contributed by atoms with Gasteiger partial charge in [0.1, 0.15) is 5.82 Å². The van der Waals surface area contributed by atoms with E-state index in [-0.39, 0.29) is 0 Å². The first-order valence-electron chi connectivity index (χ1n) is 6.15. The van der Waals surface area contributed by atoms with Gasteiger partial charge in [0.05, 0.1) is 12.3 Å². The molecule has 0 aromatic carbocycles. The van der Waals surface area contributed by atoms with Gasteiger partial charge in [-0.2, -0.15) is 4.98 Å². The Balaban J connectivity index is 2.80. The van der Waals surface area contributed by atoms with Crippen molar-refractivity contribution in [1.29, 1.82) is 0 Å². The molecule has 1 rings (SSSR count). The van der Waals surface area contributed by atoms with Crippen molar-refractivity contribution < 1.29 is 4.74 Å². The van der Waals surface area contributed by atoms with Gasteiger partial charge in [0.15, 0.2) is 0 Å². The predicted octanol–water partition coefficient (Wildman–Crippen LogP) is 2.54. The lowest BCUT2D eigenvalue weighted by Gasteiger charge is -2.21. The summed E-state index contributed by atoms with van der Waals surface area (Å²) in [5.41, 5.74) is 6.42. The van der Waals surface area contributed by atoms with Crippen LogP contribution < -0.4 is 15.4 Å². The van der Waals surface area contributed by atoms with Gasteiger partial charge in [-0.1, -0.05) is 20.8 Å². The zero-order valence-electron chi connectivity index (χ0n) is 11.2. The Bertz CT molecular complexity index is 353. The molecule has 0 atom stereocenters. The van der Waals surface area contributed by atoms with E-state index in [2.05, 4.69) is 30.7 Å². The molecule has 0 bridgehead atoms. The highest BCUT2D eigenvalue weighted by Crippen LogP contribution is 2.23. The van der Waals surface area contributed by atoms with Crippen molar-refractivity contribution in [2.75, 3.05) is 30.8 Å². The third kappa shape index (κ3) is 4.13. The molecule has 0 spiro atoms. The molecular weight excluding hydrogens is 214 g/mol. The summed E-state index contributed by atoms with van der Waals surface area (Å²) in [5, 5.41) is 0. The number of pyridine rings is 1. The summed E-state index contributed by atoms with van der Waals surface area (Å²) in [5.74, 6) is 2.04. The Morgan fingerprint density at radius 1 is 1.41 bits per heavy atom. The number of nitrogens with zero attached hydrogens (tertiary/aromatic N) is 2. The van der Waals surface area contributed by atoms with Crippen LogP contribution >= 0.6 is 0 Å². The lowest BCUT2D eigenvalue weighted by molar-refractivity contribution is 0.307. The highest BCUT2D eigenvalue weighted by atomic mass is 16.5. The van der Waals surface area contributed by atoms with Crippen molar-refractivity contribution in [3.63, 3.8) is 0 Å². The van der Waals surface area contributed by atoms with Crippen molar-refractivity contribution in [3.8, 4) is 5.88 Å². The molecule has 2 N–H and O–H groups in total. The second-order valence-corrected chi connectivity index (χ2v) is 4.69. The van der Waals surface area contributed by atoms with Crippen molar-refractivity contribution in [1.82, 2.24) is 4.98 Å². The normalized spacial score (nSPS) is 10.6. The molecule has 0 aliphatic carbocycles. The number of nitrogen functional groups attached to an aromatic ring is 1. The summed E-state index contributed by atoms with van der Waals surface area (Å²) < 4.78 is 5.52. The second kappa shape index (κ2) is 6.33.